The number of nitrogens with two attached hydrogens (primary N) is 1. The maximum atomic E-state index is 10.8. The van der Waals surface area contributed by atoms with Gasteiger partial charge in [-0.25, -0.2) is 0 Å². The number of benzene rings is 1. The van der Waals surface area contributed by atoms with Gasteiger partial charge in [-0.05, 0) is 46.3 Å². The lowest BCUT2D eigenvalue weighted by Gasteiger charge is -2.31. The second kappa shape index (κ2) is 5.80. The lowest BCUT2D eigenvalue weighted by molar-refractivity contribution is -0.385. The molecule has 0 aromatic heterocycles. The van der Waals surface area contributed by atoms with Crippen LogP contribution in [0.25, 0.3) is 0 Å². The van der Waals surface area contributed by atoms with Crippen LogP contribution in [0.1, 0.15) is 30.9 Å². The summed E-state index contributed by atoms with van der Waals surface area (Å²) in [6.07, 6.45) is 3.48. The highest BCUT2D eigenvalue weighted by Crippen LogP contribution is 2.38. The minimum Gasteiger partial charge on any atom is -0.324 e. The van der Waals surface area contributed by atoms with E-state index in [0.29, 0.717) is 10.4 Å². The fraction of sp³-hybridized carbons (Fsp3) is 0.455. The minimum absolute atomic E-state index is 0. The number of nitro benzene ring substituents is 1. The van der Waals surface area contributed by atoms with Crippen LogP contribution >= 0.6 is 28.3 Å². The van der Waals surface area contributed by atoms with E-state index < -0.39 is 0 Å². The van der Waals surface area contributed by atoms with Gasteiger partial charge >= 0.3 is 0 Å². The maximum absolute atomic E-state index is 10.8. The molecule has 0 spiro atoms. The zero-order valence-electron chi connectivity index (χ0n) is 9.14. The zero-order valence-corrected chi connectivity index (χ0v) is 11.5. The quantitative estimate of drug-likeness (QED) is 0.683. The van der Waals surface area contributed by atoms with Crippen molar-refractivity contribution in [1.82, 2.24) is 0 Å². The first-order valence-electron chi connectivity index (χ1n) is 5.29. The molecule has 1 fully saturated rings. The average molecular weight is 322 g/mol. The van der Waals surface area contributed by atoms with Crippen LogP contribution in [-0.2, 0) is 0 Å². The van der Waals surface area contributed by atoms with Crippen LogP contribution in [0.3, 0.4) is 0 Å². The molecule has 1 saturated carbocycles. The molecular weight excluding hydrogens is 307 g/mol. The molecule has 0 unspecified atom stereocenters. The van der Waals surface area contributed by atoms with E-state index >= 15 is 0 Å². The molecule has 6 heteroatoms. The average Bonchev–Trinajstić information content (AvgIpc) is 2.15. The summed E-state index contributed by atoms with van der Waals surface area (Å²) in [6.45, 7) is 0. The van der Waals surface area contributed by atoms with Crippen molar-refractivity contribution in [3.8, 4) is 0 Å². The van der Waals surface area contributed by atoms with Gasteiger partial charge in [0, 0.05) is 12.1 Å². The number of nitrogens with zero attached hydrogens (tertiary/aromatic N) is 1. The van der Waals surface area contributed by atoms with Gasteiger partial charge in [0.25, 0.3) is 5.69 Å². The SMILES string of the molecule is Cl.N[C@H](c1ccc(Br)c([N+](=O)[O-])c1)C1CCC1. The lowest BCUT2D eigenvalue weighted by atomic mass is 9.77. The summed E-state index contributed by atoms with van der Waals surface area (Å²) in [4.78, 5) is 10.4. The third-order valence-corrected chi connectivity index (χ3v) is 3.88. The van der Waals surface area contributed by atoms with Gasteiger partial charge in [-0.1, -0.05) is 12.5 Å². The Hall–Kier alpha value is -0.650. The molecule has 2 rings (SSSR count). The van der Waals surface area contributed by atoms with E-state index in [1.165, 1.54) is 6.42 Å². The molecule has 4 nitrogen and oxygen atoms in total. The topological polar surface area (TPSA) is 69.2 Å². The monoisotopic (exact) mass is 320 g/mol. The molecule has 2 N–H and O–H groups in total. The van der Waals surface area contributed by atoms with Gasteiger partial charge in [-0.15, -0.1) is 12.4 Å². The van der Waals surface area contributed by atoms with E-state index in [0.717, 1.165) is 18.4 Å². The first-order chi connectivity index (χ1) is 7.59. The number of hydrogen-bond acceptors (Lipinski definition) is 3. The van der Waals surface area contributed by atoms with Gasteiger partial charge in [-0.2, -0.15) is 0 Å². The molecule has 1 aliphatic carbocycles. The van der Waals surface area contributed by atoms with Crippen LogP contribution in [0.2, 0.25) is 0 Å². The lowest BCUT2D eigenvalue weighted by Crippen LogP contribution is -2.26. The van der Waals surface area contributed by atoms with Crippen LogP contribution in [0.15, 0.2) is 22.7 Å². The van der Waals surface area contributed by atoms with Crippen LogP contribution in [0, 0.1) is 16.0 Å². The van der Waals surface area contributed by atoms with E-state index in [2.05, 4.69) is 15.9 Å². The Kier molecular flexibility index (Phi) is 4.91. The van der Waals surface area contributed by atoms with Crippen molar-refractivity contribution in [3.05, 3.63) is 38.3 Å². The summed E-state index contributed by atoms with van der Waals surface area (Å²) in [5.41, 5.74) is 7.03. The van der Waals surface area contributed by atoms with Gasteiger partial charge in [0.05, 0.1) is 9.40 Å². The number of rotatable bonds is 3. The Morgan fingerprint density at radius 3 is 2.59 bits per heavy atom. The molecule has 1 aliphatic rings. The van der Waals surface area contributed by atoms with Crippen molar-refractivity contribution in [3.63, 3.8) is 0 Å². The summed E-state index contributed by atoms with van der Waals surface area (Å²) in [6, 6.07) is 5.07. The Balaban J connectivity index is 0.00000144. The summed E-state index contributed by atoms with van der Waals surface area (Å²) in [7, 11) is 0. The van der Waals surface area contributed by atoms with E-state index in [-0.39, 0.29) is 29.1 Å². The third kappa shape index (κ3) is 2.97. The predicted molar refractivity (Wildman–Crippen MR) is 72.3 cm³/mol. The summed E-state index contributed by atoms with van der Waals surface area (Å²) in [5.74, 6) is 0.487. The van der Waals surface area contributed by atoms with Crippen LogP contribution in [-0.4, -0.2) is 4.92 Å². The molecule has 1 aromatic rings. The van der Waals surface area contributed by atoms with Gasteiger partial charge in [0.1, 0.15) is 0 Å². The Labute approximate surface area is 114 Å². The Bertz CT molecular complexity index is 424. The highest BCUT2D eigenvalue weighted by Gasteiger charge is 2.26. The second-order valence-electron chi connectivity index (χ2n) is 4.18. The van der Waals surface area contributed by atoms with Gasteiger partial charge in [0.15, 0.2) is 0 Å². The van der Waals surface area contributed by atoms with Crippen LogP contribution in [0.5, 0.6) is 0 Å². The highest BCUT2D eigenvalue weighted by atomic mass is 79.9. The van der Waals surface area contributed by atoms with Crippen molar-refractivity contribution >= 4 is 34.0 Å². The zero-order chi connectivity index (χ0) is 11.7. The maximum Gasteiger partial charge on any atom is 0.283 e. The Morgan fingerprint density at radius 1 is 1.47 bits per heavy atom. The van der Waals surface area contributed by atoms with Crippen LogP contribution in [0.4, 0.5) is 5.69 Å². The van der Waals surface area contributed by atoms with Crippen LogP contribution < -0.4 is 5.73 Å². The predicted octanol–water partition coefficient (Wildman–Crippen LogP) is 3.58. The number of nitro groups is 1. The molecule has 17 heavy (non-hydrogen) atoms. The molecule has 1 aromatic carbocycles. The van der Waals surface area contributed by atoms with Crippen molar-refractivity contribution in [2.75, 3.05) is 0 Å². The highest BCUT2D eigenvalue weighted by molar-refractivity contribution is 9.10. The molecule has 94 valence electrons. The van der Waals surface area contributed by atoms with Gasteiger partial charge in [-0.3, -0.25) is 10.1 Å². The normalized spacial score (nSPS) is 16.8. The van der Waals surface area contributed by atoms with Crippen molar-refractivity contribution in [1.29, 1.82) is 0 Å². The van der Waals surface area contributed by atoms with E-state index in [9.17, 15) is 10.1 Å². The first kappa shape index (κ1) is 14.4. The van der Waals surface area contributed by atoms with Gasteiger partial charge < -0.3 is 5.73 Å². The van der Waals surface area contributed by atoms with Gasteiger partial charge in [0.2, 0.25) is 0 Å². The minimum atomic E-state index is -0.388. The smallest absolute Gasteiger partial charge is 0.283 e. The number of halogens is 2. The molecule has 0 amide bonds. The third-order valence-electron chi connectivity index (χ3n) is 3.21. The fourth-order valence-electron chi connectivity index (χ4n) is 1.95. The molecule has 0 aliphatic heterocycles. The van der Waals surface area contributed by atoms with Crippen molar-refractivity contribution in [2.45, 2.75) is 25.3 Å². The fourth-order valence-corrected chi connectivity index (χ4v) is 2.34. The van der Waals surface area contributed by atoms with Crippen molar-refractivity contribution in [2.24, 2.45) is 11.7 Å². The summed E-state index contributed by atoms with van der Waals surface area (Å²) < 4.78 is 0.502. The van der Waals surface area contributed by atoms with E-state index in [1.54, 1.807) is 12.1 Å². The molecule has 0 bridgehead atoms. The molecule has 1 atom stereocenters. The molecule has 0 saturated heterocycles. The standard InChI is InChI=1S/C11H13BrN2O2.ClH/c12-9-5-4-8(6-10(9)14(15)16)11(13)7-2-1-3-7;/h4-7,11H,1-3,13H2;1H/t11-;/m0./s1. The molecule has 0 radical (unpaired) electrons. The number of hydrogen-bond donors (Lipinski definition) is 1. The van der Waals surface area contributed by atoms with E-state index in [4.69, 9.17) is 5.73 Å². The Morgan fingerprint density at radius 2 is 2.12 bits per heavy atom. The molecule has 0 heterocycles. The largest absolute Gasteiger partial charge is 0.324 e. The first-order valence-corrected chi connectivity index (χ1v) is 6.08. The summed E-state index contributed by atoms with van der Waals surface area (Å²) >= 11 is 3.17. The van der Waals surface area contributed by atoms with Crippen molar-refractivity contribution < 1.29 is 4.92 Å². The summed E-state index contributed by atoms with van der Waals surface area (Å²) in [5, 5.41) is 10.8. The molecular formula is C11H14BrClN2O2. The second-order valence-corrected chi connectivity index (χ2v) is 5.04. The van der Waals surface area contributed by atoms with E-state index in [1.807, 2.05) is 6.07 Å².